The summed E-state index contributed by atoms with van der Waals surface area (Å²) in [6.07, 6.45) is 23.8. The number of benzene rings is 4. The van der Waals surface area contributed by atoms with Crippen LogP contribution in [0.25, 0.3) is 21.5 Å². The first-order valence-corrected chi connectivity index (χ1v) is 28.5. The summed E-state index contributed by atoms with van der Waals surface area (Å²) < 4.78 is 13.2. The van der Waals surface area contributed by atoms with Crippen molar-refractivity contribution in [3.8, 4) is 11.5 Å². The third-order valence-electron chi connectivity index (χ3n) is 11.3. The molecule has 5 heteroatoms. The van der Waals surface area contributed by atoms with Gasteiger partial charge in [-0.05, 0) is 121 Å². The van der Waals surface area contributed by atoms with Crippen LogP contribution in [0.1, 0.15) is 36.8 Å². The van der Waals surface area contributed by atoms with Gasteiger partial charge in [0.1, 0.15) is 11.5 Å². The molecule has 0 amide bonds. The second-order valence-electron chi connectivity index (χ2n) is 17.5. The molecule has 2 nitrogen and oxygen atoms in total. The van der Waals surface area contributed by atoms with E-state index in [1.165, 1.54) is 66.1 Å². The Morgan fingerprint density at radius 3 is 1.28 bits per heavy atom. The van der Waals surface area contributed by atoms with E-state index in [0.717, 1.165) is 11.5 Å². The minimum atomic E-state index is -1.77. The van der Waals surface area contributed by atoms with Crippen molar-refractivity contribution >= 4 is 47.0 Å². The van der Waals surface area contributed by atoms with Crippen LogP contribution in [0.2, 0.25) is 56.9 Å². The van der Waals surface area contributed by atoms with Crippen molar-refractivity contribution in [1.29, 1.82) is 0 Å². The van der Waals surface area contributed by atoms with E-state index in [0.29, 0.717) is 11.1 Å². The summed E-state index contributed by atoms with van der Waals surface area (Å²) in [7, 11) is -4.55. The lowest BCUT2D eigenvalue weighted by atomic mass is 9.86. The van der Waals surface area contributed by atoms with Crippen LogP contribution in [0, 0.1) is 0 Å². The summed E-state index contributed by atoms with van der Waals surface area (Å²) in [5.74, 6) is 2.37. The lowest BCUT2D eigenvalue weighted by molar-refractivity contribution is 0.563. The summed E-state index contributed by atoms with van der Waals surface area (Å²) in [4.78, 5) is 0. The van der Waals surface area contributed by atoms with Gasteiger partial charge in [0.2, 0.25) is 16.6 Å². The summed E-state index contributed by atoms with van der Waals surface area (Å²) in [6, 6.07) is 26.8. The van der Waals surface area contributed by atoms with Crippen LogP contribution >= 0.6 is 0 Å². The molecule has 0 aromatic heterocycles. The van der Waals surface area contributed by atoms with Crippen LogP contribution in [0.3, 0.4) is 0 Å². The molecule has 54 heavy (non-hydrogen) atoms. The first-order valence-electron chi connectivity index (χ1n) is 19.6. The molecule has 0 heterocycles. The van der Waals surface area contributed by atoms with Gasteiger partial charge in [-0.3, -0.25) is 0 Å². The van der Waals surface area contributed by atoms with Gasteiger partial charge in [-0.1, -0.05) is 139 Å². The normalized spacial score (nSPS) is 22.5. The molecule has 0 spiro atoms. The van der Waals surface area contributed by atoms with E-state index in [4.69, 9.17) is 8.85 Å². The Morgan fingerprint density at radius 2 is 0.870 bits per heavy atom. The number of hydrogen-bond acceptors (Lipinski definition) is 2. The molecule has 0 saturated carbocycles. The van der Waals surface area contributed by atoms with E-state index in [1.54, 1.807) is 0 Å². The summed E-state index contributed by atoms with van der Waals surface area (Å²) >= 11 is 0. The largest absolute Gasteiger partial charge is 0.544 e. The zero-order chi connectivity index (χ0) is 37.9. The van der Waals surface area contributed by atoms with Crippen molar-refractivity contribution in [2.24, 2.45) is 0 Å². The topological polar surface area (TPSA) is 18.5 Å². The molecule has 0 aliphatic heterocycles. The van der Waals surface area contributed by atoms with E-state index >= 15 is 0 Å². The third kappa shape index (κ3) is 6.76. The Bertz CT molecular complexity index is 2250. The number of allylic oxidation sites excluding steroid dienone is 16. The molecule has 4 unspecified atom stereocenters. The van der Waals surface area contributed by atoms with Gasteiger partial charge >= 0.3 is 0 Å². The Kier molecular flexibility index (Phi) is 9.48. The van der Waals surface area contributed by atoms with Gasteiger partial charge < -0.3 is 8.85 Å². The maximum atomic E-state index is 6.60. The Hall–Kier alpha value is -4.43. The van der Waals surface area contributed by atoms with Crippen molar-refractivity contribution in [1.82, 2.24) is 0 Å². The molecular weight excluding hydrogens is 705 g/mol. The lowest BCUT2D eigenvalue weighted by Crippen LogP contribution is -2.29. The molecule has 0 N–H and O–H groups in total. The van der Waals surface area contributed by atoms with Crippen molar-refractivity contribution in [2.75, 3.05) is 0 Å². The zero-order valence-corrected chi connectivity index (χ0v) is 36.3. The van der Waals surface area contributed by atoms with Gasteiger partial charge in [0.05, 0.1) is 8.80 Å². The van der Waals surface area contributed by atoms with Gasteiger partial charge in [-0.25, -0.2) is 0 Å². The first kappa shape index (κ1) is 36.5. The third-order valence-corrected chi connectivity index (χ3v) is 16.3. The van der Waals surface area contributed by atoms with Gasteiger partial charge in [0.15, 0.2) is 0 Å². The molecule has 8 rings (SSSR count). The molecule has 0 fully saturated rings. The average Bonchev–Trinajstić information content (AvgIpc) is 3.42. The highest BCUT2D eigenvalue weighted by Crippen LogP contribution is 2.54. The number of hydrogen-bond donors (Lipinski definition) is 0. The predicted molar refractivity (Wildman–Crippen MR) is 239 cm³/mol. The summed E-state index contributed by atoms with van der Waals surface area (Å²) in [5, 5.41) is 4.99. The predicted octanol–water partition coefficient (Wildman–Crippen LogP) is 13.9. The fourth-order valence-electron chi connectivity index (χ4n) is 9.36. The minimum absolute atomic E-state index is 0.179. The lowest BCUT2D eigenvalue weighted by Gasteiger charge is -2.30. The Balaban J connectivity index is 1.17. The Morgan fingerprint density at radius 1 is 0.481 bits per heavy atom. The maximum absolute atomic E-state index is 6.60. The van der Waals surface area contributed by atoms with E-state index in [1.807, 2.05) is 0 Å². The van der Waals surface area contributed by atoms with Crippen LogP contribution in [-0.2, 0) is 0 Å². The molecule has 273 valence electrons. The highest BCUT2D eigenvalue weighted by Gasteiger charge is 2.41. The maximum Gasteiger partial charge on any atom is 0.242 e. The fourth-order valence-corrected chi connectivity index (χ4v) is 14.5. The van der Waals surface area contributed by atoms with Crippen molar-refractivity contribution < 1.29 is 8.85 Å². The molecule has 0 saturated heterocycles. The van der Waals surface area contributed by atoms with Crippen LogP contribution in [0.4, 0.5) is 0 Å². The molecule has 4 aromatic rings. The minimum Gasteiger partial charge on any atom is -0.544 e. The molecular formula is C49H53O2Si3. The molecule has 0 bridgehead atoms. The SMILES string of the molecule is CC1=CC2=C(C=CC=CC2c2cccc3c(O[Si](C)(C)C)cccc23)C1[Si](C)C1C(C)=CC2=C1C=CC=CC2c1cccc2c(O[Si](C)(C)C)cccc12. The Labute approximate surface area is 326 Å². The van der Waals surface area contributed by atoms with Crippen molar-refractivity contribution in [3.05, 3.63) is 178 Å². The second kappa shape index (κ2) is 14.0. The van der Waals surface area contributed by atoms with Gasteiger partial charge in [-0.15, -0.1) is 0 Å². The zero-order valence-electron chi connectivity index (χ0n) is 33.3. The highest BCUT2D eigenvalue weighted by atomic mass is 28.4. The van der Waals surface area contributed by atoms with E-state index in [-0.39, 0.29) is 11.8 Å². The van der Waals surface area contributed by atoms with Crippen LogP contribution < -0.4 is 8.85 Å². The van der Waals surface area contributed by atoms with Crippen LogP contribution in [0.5, 0.6) is 11.5 Å². The van der Waals surface area contributed by atoms with Crippen LogP contribution in [0.15, 0.2) is 167 Å². The number of rotatable bonds is 8. The summed E-state index contributed by atoms with van der Waals surface area (Å²) in [5.41, 5.74) is 12.5. The molecule has 1 radical (unpaired) electrons. The van der Waals surface area contributed by atoms with E-state index in [9.17, 15) is 0 Å². The smallest absolute Gasteiger partial charge is 0.242 e. The molecule has 4 aromatic carbocycles. The van der Waals surface area contributed by atoms with Gasteiger partial charge in [-0.2, -0.15) is 0 Å². The number of fused-ring (bicyclic) bond motifs is 2. The highest BCUT2D eigenvalue weighted by molar-refractivity contribution is 6.71. The monoisotopic (exact) mass is 757 g/mol. The van der Waals surface area contributed by atoms with Gasteiger partial charge in [0, 0.05) is 22.6 Å². The molecule has 4 aliphatic carbocycles. The van der Waals surface area contributed by atoms with E-state index in [2.05, 4.69) is 193 Å². The molecule has 4 aliphatic rings. The summed E-state index contributed by atoms with van der Waals surface area (Å²) in [6.45, 7) is 20.9. The van der Waals surface area contributed by atoms with Crippen molar-refractivity contribution in [2.45, 2.75) is 82.6 Å². The van der Waals surface area contributed by atoms with Crippen molar-refractivity contribution in [3.63, 3.8) is 0 Å². The standard InChI is InChI=1S/C49H53O2Si3/c1-32-30-44-38(34-22-14-26-40-36(34)24-16-28-46(40)50-53(4,5)6)18-10-12-20-42(44)48(32)52(3)49-33(2)31-45-39(19-11-13-21-43(45)49)35-23-15-27-41-37(35)25-17-29-47(41)51-54(7,8)9/h10-31,38-39,48-49H,1-9H3. The first-order chi connectivity index (χ1) is 25.8. The van der Waals surface area contributed by atoms with E-state index < -0.39 is 25.4 Å². The van der Waals surface area contributed by atoms with Gasteiger partial charge in [0.25, 0.3) is 0 Å². The van der Waals surface area contributed by atoms with Crippen LogP contribution in [-0.4, -0.2) is 25.4 Å². The quantitative estimate of drug-likeness (QED) is 0.167. The average molecular weight is 758 g/mol. The fraction of sp³-hybridized carbons (Fsp3) is 0.265. The second-order valence-corrected chi connectivity index (χ2v) is 29.0. The molecule has 4 atom stereocenters.